The Morgan fingerprint density at radius 3 is 2.62 bits per heavy atom. The van der Waals surface area contributed by atoms with Crippen LogP contribution in [-0.2, 0) is 5.60 Å². The number of pyridine rings is 1. The second-order valence-corrected chi connectivity index (χ2v) is 3.30. The molecule has 0 saturated carbocycles. The largest absolute Gasteiger partial charge is 0.386 e. The first-order valence-corrected chi connectivity index (χ1v) is 3.84. The van der Waals surface area contributed by atoms with Crippen molar-refractivity contribution in [1.29, 1.82) is 5.26 Å². The third kappa shape index (κ3) is 1.95. The van der Waals surface area contributed by atoms with E-state index in [0.717, 1.165) is 0 Å². The molecule has 0 amide bonds. The van der Waals surface area contributed by atoms with Crippen molar-refractivity contribution < 1.29 is 5.11 Å². The van der Waals surface area contributed by atoms with Crippen molar-refractivity contribution in [2.24, 2.45) is 0 Å². The Balaban J connectivity index is 3.32. The van der Waals surface area contributed by atoms with Crippen LogP contribution in [0.5, 0.6) is 0 Å². The molecule has 0 aromatic carbocycles. The highest BCUT2D eigenvalue weighted by Crippen LogP contribution is 2.22. The molecule has 3 N–H and O–H groups in total. The Labute approximate surface area is 76.6 Å². The molecule has 4 nitrogen and oxygen atoms in total. The monoisotopic (exact) mass is 177 g/mol. The number of nitrogen functional groups attached to an aromatic ring is 1. The first kappa shape index (κ1) is 9.49. The van der Waals surface area contributed by atoms with Crippen LogP contribution in [0.3, 0.4) is 0 Å². The lowest BCUT2D eigenvalue weighted by Gasteiger charge is -2.18. The van der Waals surface area contributed by atoms with Crippen LogP contribution >= 0.6 is 0 Å². The molecule has 0 aliphatic carbocycles. The van der Waals surface area contributed by atoms with Gasteiger partial charge in [-0.05, 0) is 26.0 Å². The molecule has 0 spiro atoms. The van der Waals surface area contributed by atoms with Crippen LogP contribution in [0.15, 0.2) is 12.1 Å². The van der Waals surface area contributed by atoms with Gasteiger partial charge in [0.15, 0.2) is 0 Å². The molecule has 0 saturated heterocycles. The van der Waals surface area contributed by atoms with Crippen molar-refractivity contribution in [1.82, 2.24) is 4.98 Å². The van der Waals surface area contributed by atoms with Crippen molar-refractivity contribution in [2.75, 3.05) is 5.73 Å². The zero-order chi connectivity index (χ0) is 10.1. The maximum atomic E-state index is 9.66. The summed E-state index contributed by atoms with van der Waals surface area (Å²) >= 11 is 0. The average Bonchev–Trinajstić information content (AvgIpc) is 2.01. The number of hydrogen-bond donors (Lipinski definition) is 2. The molecule has 1 rings (SSSR count). The molecule has 13 heavy (non-hydrogen) atoms. The molecule has 0 aliphatic rings. The fraction of sp³-hybridized carbons (Fsp3) is 0.333. The summed E-state index contributed by atoms with van der Waals surface area (Å²) in [6.45, 7) is 3.20. The smallest absolute Gasteiger partial charge is 0.148 e. The van der Waals surface area contributed by atoms with Gasteiger partial charge >= 0.3 is 0 Å². The maximum Gasteiger partial charge on any atom is 0.148 e. The highest BCUT2D eigenvalue weighted by atomic mass is 16.3. The van der Waals surface area contributed by atoms with E-state index in [1.807, 2.05) is 6.07 Å². The zero-order valence-electron chi connectivity index (χ0n) is 7.57. The molecule has 0 radical (unpaired) electrons. The van der Waals surface area contributed by atoms with Gasteiger partial charge in [-0.3, -0.25) is 0 Å². The van der Waals surface area contributed by atoms with E-state index in [4.69, 9.17) is 11.0 Å². The third-order valence-electron chi connectivity index (χ3n) is 1.68. The lowest BCUT2D eigenvalue weighted by atomic mass is 9.97. The number of aliphatic hydroxyl groups is 1. The summed E-state index contributed by atoms with van der Waals surface area (Å²) in [7, 11) is 0. The zero-order valence-corrected chi connectivity index (χ0v) is 7.57. The van der Waals surface area contributed by atoms with Crippen LogP contribution < -0.4 is 5.73 Å². The second-order valence-electron chi connectivity index (χ2n) is 3.30. The molecule has 1 aromatic rings. The van der Waals surface area contributed by atoms with E-state index in [9.17, 15) is 5.11 Å². The van der Waals surface area contributed by atoms with Crippen LogP contribution in [0.25, 0.3) is 0 Å². The van der Waals surface area contributed by atoms with E-state index in [-0.39, 0.29) is 11.5 Å². The van der Waals surface area contributed by atoms with Crippen molar-refractivity contribution in [3.63, 3.8) is 0 Å². The topological polar surface area (TPSA) is 82.9 Å². The van der Waals surface area contributed by atoms with Crippen LogP contribution in [0.2, 0.25) is 0 Å². The molecule has 1 heterocycles. The van der Waals surface area contributed by atoms with Gasteiger partial charge in [0.1, 0.15) is 17.6 Å². The van der Waals surface area contributed by atoms with Crippen molar-refractivity contribution in [2.45, 2.75) is 19.4 Å². The van der Waals surface area contributed by atoms with Gasteiger partial charge in [-0.1, -0.05) is 0 Å². The molecule has 0 atom stereocenters. The molecular weight excluding hydrogens is 166 g/mol. The molecule has 0 aliphatic heterocycles. The van der Waals surface area contributed by atoms with Gasteiger partial charge in [-0.15, -0.1) is 0 Å². The standard InChI is InChI=1S/C9H11N3O/c1-9(2,13)6-3-4-8(11)12-7(6)5-10/h3-4,13H,1-2H3,(H2,11,12). The van der Waals surface area contributed by atoms with E-state index in [2.05, 4.69) is 4.98 Å². The van der Waals surface area contributed by atoms with Crippen LogP contribution in [-0.4, -0.2) is 10.1 Å². The number of nitriles is 1. The Bertz CT molecular complexity index is 360. The maximum absolute atomic E-state index is 9.66. The molecule has 0 bridgehead atoms. The van der Waals surface area contributed by atoms with Gasteiger partial charge in [0.05, 0.1) is 5.60 Å². The van der Waals surface area contributed by atoms with E-state index < -0.39 is 5.60 Å². The summed E-state index contributed by atoms with van der Waals surface area (Å²) in [6.07, 6.45) is 0. The highest BCUT2D eigenvalue weighted by Gasteiger charge is 2.20. The first-order valence-electron chi connectivity index (χ1n) is 3.84. The minimum atomic E-state index is -1.06. The van der Waals surface area contributed by atoms with Gasteiger partial charge in [0, 0.05) is 5.56 Å². The number of anilines is 1. The van der Waals surface area contributed by atoms with Crippen molar-refractivity contribution in [3.05, 3.63) is 23.4 Å². The minimum absolute atomic E-state index is 0.174. The SMILES string of the molecule is CC(C)(O)c1ccc(N)nc1C#N. The molecule has 0 fully saturated rings. The second kappa shape index (κ2) is 3.04. The fourth-order valence-electron chi connectivity index (χ4n) is 1.05. The minimum Gasteiger partial charge on any atom is -0.386 e. The molecule has 4 heteroatoms. The van der Waals surface area contributed by atoms with Gasteiger partial charge in [0.2, 0.25) is 0 Å². The van der Waals surface area contributed by atoms with Crippen LogP contribution in [0.1, 0.15) is 25.1 Å². The fourth-order valence-corrected chi connectivity index (χ4v) is 1.05. The van der Waals surface area contributed by atoms with Crippen molar-refractivity contribution in [3.8, 4) is 6.07 Å². The predicted molar refractivity (Wildman–Crippen MR) is 48.6 cm³/mol. The molecular formula is C9H11N3O. The quantitative estimate of drug-likeness (QED) is 0.663. The predicted octanol–water partition coefficient (Wildman–Crippen LogP) is 0.763. The molecule has 1 aromatic heterocycles. The van der Waals surface area contributed by atoms with Gasteiger partial charge in [-0.2, -0.15) is 5.26 Å². The summed E-state index contributed by atoms with van der Waals surface area (Å²) in [6, 6.07) is 5.07. The van der Waals surface area contributed by atoms with E-state index in [0.29, 0.717) is 5.56 Å². The summed E-state index contributed by atoms with van der Waals surface area (Å²) in [4.78, 5) is 3.81. The molecule has 0 unspecified atom stereocenters. The lowest BCUT2D eigenvalue weighted by molar-refractivity contribution is 0.0779. The van der Waals surface area contributed by atoms with E-state index in [1.165, 1.54) is 0 Å². The number of hydrogen-bond acceptors (Lipinski definition) is 4. The Hall–Kier alpha value is -1.60. The molecule has 68 valence electrons. The number of nitrogens with two attached hydrogens (primary N) is 1. The summed E-state index contributed by atoms with van der Waals surface area (Å²) < 4.78 is 0. The Kier molecular flexibility index (Phi) is 2.22. The lowest BCUT2D eigenvalue weighted by Crippen LogP contribution is -2.18. The highest BCUT2D eigenvalue weighted by molar-refractivity contribution is 5.42. The summed E-state index contributed by atoms with van der Waals surface area (Å²) in [5.74, 6) is 0.282. The van der Waals surface area contributed by atoms with Crippen LogP contribution in [0, 0.1) is 11.3 Å². The van der Waals surface area contributed by atoms with Crippen LogP contribution in [0.4, 0.5) is 5.82 Å². The first-order chi connectivity index (χ1) is 5.95. The van der Waals surface area contributed by atoms with Gasteiger partial charge in [-0.25, -0.2) is 4.98 Å². The third-order valence-corrected chi connectivity index (χ3v) is 1.68. The van der Waals surface area contributed by atoms with Gasteiger partial charge < -0.3 is 10.8 Å². The number of rotatable bonds is 1. The number of nitrogens with zero attached hydrogens (tertiary/aromatic N) is 2. The average molecular weight is 177 g/mol. The van der Waals surface area contributed by atoms with E-state index >= 15 is 0 Å². The van der Waals surface area contributed by atoms with Gasteiger partial charge in [0.25, 0.3) is 0 Å². The van der Waals surface area contributed by atoms with E-state index in [1.54, 1.807) is 26.0 Å². The van der Waals surface area contributed by atoms with Crippen molar-refractivity contribution >= 4 is 5.82 Å². The number of aromatic nitrogens is 1. The summed E-state index contributed by atoms with van der Waals surface area (Å²) in [5, 5.41) is 18.4. The Morgan fingerprint density at radius 2 is 2.15 bits per heavy atom. The summed E-state index contributed by atoms with van der Waals surface area (Å²) in [5.41, 5.74) is 5.00. The normalized spacial score (nSPS) is 10.9. The Morgan fingerprint density at radius 1 is 1.54 bits per heavy atom.